The standard InChI is InChI=1S/C22H23F3N6O2/c1-3-27-14-30(26)17-10-8-16(9-11-17)28-20(32)13-33-21-12-19(22(23,24)25)29-31(21)18-7-5-4-6-15(18)2/h4-12,14H,3,13,26H2,1-2H3,(H,28,32). The Morgan fingerprint density at radius 2 is 1.94 bits per heavy atom. The number of hydrogen-bond acceptors (Lipinski definition) is 5. The normalized spacial score (nSPS) is 11.6. The van der Waals surface area contributed by atoms with E-state index in [4.69, 9.17) is 10.6 Å². The second-order valence-corrected chi connectivity index (χ2v) is 6.97. The summed E-state index contributed by atoms with van der Waals surface area (Å²) in [5.41, 5.74) is 1.12. The van der Waals surface area contributed by atoms with Gasteiger partial charge in [-0.25, -0.2) is 10.5 Å². The second-order valence-electron chi connectivity index (χ2n) is 6.97. The topological polar surface area (TPSA) is 97.8 Å². The van der Waals surface area contributed by atoms with Gasteiger partial charge in [-0.2, -0.15) is 18.3 Å². The first-order chi connectivity index (χ1) is 15.7. The summed E-state index contributed by atoms with van der Waals surface area (Å²) in [6, 6.07) is 14.2. The van der Waals surface area contributed by atoms with Gasteiger partial charge in [-0.05, 0) is 49.7 Å². The number of nitrogens with one attached hydrogen (secondary N) is 1. The van der Waals surface area contributed by atoms with Gasteiger partial charge in [0.1, 0.15) is 6.34 Å². The van der Waals surface area contributed by atoms with E-state index in [-0.39, 0.29) is 5.88 Å². The maximum atomic E-state index is 13.2. The molecule has 8 nitrogen and oxygen atoms in total. The summed E-state index contributed by atoms with van der Waals surface area (Å²) in [6.07, 6.45) is -3.18. The van der Waals surface area contributed by atoms with Crippen LogP contribution in [0.5, 0.6) is 5.88 Å². The van der Waals surface area contributed by atoms with Gasteiger partial charge in [-0.15, -0.1) is 0 Å². The average molecular weight is 460 g/mol. The first-order valence-electron chi connectivity index (χ1n) is 9.99. The molecule has 0 fully saturated rings. The number of halogens is 3. The Kier molecular flexibility index (Phi) is 7.34. The lowest BCUT2D eigenvalue weighted by molar-refractivity contribution is -0.141. The van der Waals surface area contributed by atoms with Gasteiger partial charge in [0.05, 0.1) is 11.4 Å². The number of ether oxygens (including phenoxy) is 1. The van der Waals surface area contributed by atoms with Crippen molar-refractivity contribution in [2.75, 3.05) is 23.5 Å². The minimum absolute atomic E-state index is 0.198. The second kappa shape index (κ2) is 10.2. The van der Waals surface area contributed by atoms with Crippen molar-refractivity contribution < 1.29 is 22.7 Å². The maximum Gasteiger partial charge on any atom is 0.435 e. The number of para-hydroxylation sites is 1. The molecule has 11 heteroatoms. The zero-order chi connectivity index (χ0) is 24.0. The van der Waals surface area contributed by atoms with Crippen molar-refractivity contribution in [2.45, 2.75) is 20.0 Å². The number of aryl methyl sites for hydroxylation is 1. The summed E-state index contributed by atoms with van der Waals surface area (Å²) in [6.45, 7) is 3.70. The summed E-state index contributed by atoms with van der Waals surface area (Å²) in [4.78, 5) is 16.4. The predicted octanol–water partition coefficient (Wildman–Crippen LogP) is 3.95. The molecule has 0 saturated carbocycles. The van der Waals surface area contributed by atoms with Crippen molar-refractivity contribution in [2.24, 2.45) is 10.8 Å². The molecule has 2 aromatic carbocycles. The highest BCUT2D eigenvalue weighted by Gasteiger charge is 2.35. The van der Waals surface area contributed by atoms with Crippen molar-refractivity contribution in [1.29, 1.82) is 0 Å². The van der Waals surface area contributed by atoms with E-state index in [1.807, 2.05) is 6.92 Å². The molecule has 0 spiro atoms. The Bertz CT molecular complexity index is 1130. The number of benzene rings is 2. The number of carbonyl (C=O) groups excluding carboxylic acids is 1. The van der Waals surface area contributed by atoms with Gasteiger partial charge in [0.15, 0.2) is 12.3 Å². The summed E-state index contributed by atoms with van der Waals surface area (Å²) in [5.74, 6) is 5.09. The highest BCUT2D eigenvalue weighted by Crippen LogP contribution is 2.32. The zero-order valence-corrected chi connectivity index (χ0v) is 18.0. The molecule has 0 aliphatic rings. The molecule has 0 unspecified atom stereocenters. The Hall–Kier alpha value is -3.86. The third-order valence-corrected chi connectivity index (χ3v) is 4.50. The highest BCUT2D eigenvalue weighted by atomic mass is 19.4. The third kappa shape index (κ3) is 6.10. The fourth-order valence-corrected chi connectivity index (χ4v) is 2.87. The number of amides is 1. The van der Waals surface area contributed by atoms with Gasteiger partial charge in [0.2, 0.25) is 5.88 Å². The molecule has 1 aromatic heterocycles. The van der Waals surface area contributed by atoms with Crippen LogP contribution in [0.15, 0.2) is 59.6 Å². The van der Waals surface area contributed by atoms with E-state index in [1.165, 1.54) is 11.3 Å². The molecule has 33 heavy (non-hydrogen) atoms. The van der Waals surface area contributed by atoms with Gasteiger partial charge >= 0.3 is 6.18 Å². The number of aliphatic imine (C=N–C) groups is 1. The molecule has 0 atom stereocenters. The molecule has 1 heterocycles. The molecule has 0 aliphatic heterocycles. The third-order valence-electron chi connectivity index (χ3n) is 4.50. The van der Waals surface area contributed by atoms with Crippen molar-refractivity contribution >= 4 is 23.6 Å². The lowest BCUT2D eigenvalue weighted by Gasteiger charge is -2.14. The fraction of sp³-hybridized carbons (Fsp3) is 0.227. The zero-order valence-electron chi connectivity index (χ0n) is 18.0. The predicted molar refractivity (Wildman–Crippen MR) is 120 cm³/mol. The Balaban J connectivity index is 1.70. The van der Waals surface area contributed by atoms with Gasteiger partial charge in [-0.3, -0.25) is 14.8 Å². The molecule has 0 bridgehead atoms. The molecule has 0 radical (unpaired) electrons. The molecule has 0 aliphatic carbocycles. The van der Waals surface area contributed by atoms with Crippen LogP contribution in [-0.4, -0.2) is 35.2 Å². The summed E-state index contributed by atoms with van der Waals surface area (Å²) in [7, 11) is 0. The molecule has 0 saturated heterocycles. The van der Waals surface area contributed by atoms with E-state index in [1.54, 1.807) is 55.5 Å². The number of hydrazine groups is 1. The van der Waals surface area contributed by atoms with Gasteiger partial charge in [-0.1, -0.05) is 18.2 Å². The van der Waals surface area contributed by atoms with E-state index >= 15 is 0 Å². The molecule has 3 N–H and O–H groups in total. The molecule has 174 valence electrons. The Morgan fingerprint density at radius 3 is 2.58 bits per heavy atom. The molecule has 3 rings (SSSR count). The quantitative estimate of drug-likeness (QED) is 0.230. The number of hydrogen-bond donors (Lipinski definition) is 2. The lowest BCUT2D eigenvalue weighted by atomic mass is 10.2. The van der Waals surface area contributed by atoms with Crippen LogP contribution in [0.3, 0.4) is 0 Å². The molecule has 3 aromatic rings. The average Bonchev–Trinajstić information content (AvgIpc) is 3.21. The number of alkyl halides is 3. The summed E-state index contributed by atoms with van der Waals surface area (Å²) < 4.78 is 46.1. The number of anilines is 2. The monoisotopic (exact) mass is 460 g/mol. The van der Waals surface area contributed by atoms with Crippen LogP contribution in [0.25, 0.3) is 5.69 Å². The maximum absolute atomic E-state index is 13.2. The fourth-order valence-electron chi connectivity index (χ4n) is 2.87. The van der Waals surface area contributed by atoms with Crippen LogP contribution in [0.1, 0.15) is 18.2 Å². The smallest absolute Gasteiger partial charge is 0.435 e. The van der Waals surface area contributed by atoms with Crippen molar-refractivity contribution in [3.63, 3.8) is 0 Å². The van der Waals surface area contributed by atoms with Crippen LogP contribution in [0.4, 0.5) is 24.5 Å². The highest BCUT2D eigenvalue weighted by molar-refractivity contribution is 5.92. The van der Waals surface area contributed by atoms with Gasteiger partial charge < -0.3 is 10.1 Å². The van der Waals surface area contributed by atoms with Crippen LogP contribution in [0, 0.1) is 6.92 Å². The lowest BCUT2D eigenvalue weighted by Crippen LogP contribution is -2.29. The van der Waals surface area contributed by atoms with E-state index < -0.39 is 24.4 Å². The van der Waals surface area contributed by atoms with E-state index in [9.17, 15) is 18.0 Å². The largest absolute Gasteiger partial charge is 0.467 e. The number of rotatable bonds is 8. The van der Waals surface area contributed by atoms with Crippen LogP contribution >= 0.6 is 0 Å². The Labute approximate surface area is 188 Å². The SMILES string of the molecule is CCN=CN(N)c1ccc(NC(=O)COc2cc(C(F)(F)F)nn2-c2ccccc2C)cc1. The number of aromatic nitrogens is 2. The molecular weight excluding hydrogens is 437 g/mol. The van der Waals surface area contributed by atoms with E-state index in [0.717, 1.165) is 10.7 Å². The van der Waals surface area contributed by atoms with Crippen LogP contribution < -0.4 is 20.9 Å². The van der Waals surface area contributed by atoms with Crippen molar-refractivity contribution in [3.8, 4) is 11.6 Å². The van der Waals surface area contributed by atoms with E-state index in [0.29, 0.717) is 29.2 Å². The first kappa shape index (κ1) is 23.8. The minimum atomic E-state index is -4.66. The van der Waals surface area contributed by atoms with Crippen molar-refractivity contribution in [3.05, 3.63) is 65.9 Å². The number of nitrogens with two attached hydrogens (primary N) is 1. The molecular formula is C22H23F3N6O2. The summed E-state index contributed by atoms with van der Waals surface area (Å²) >= 11 is 0. The van der Waals surface area contributed by atoms with Crippen LogP contribution in [0.2, 0.25) is 0 Å². The van der Waals surface area contributed by atoms with E-state index in [2.05, 4.69) is 15.4 Å². The van der Waals surface area contributed by atoms with Gasteiger partial charge in [0, 0.05) is 18.3 Å². The van der Waals surface area contributed by atoms with Crippen LogP contribution in [-0.2, 0) is 11.0 Å². The van der Waals surface area contributed by atoms with Crippen molar-refractivity contribution in [1.82, 2.24) is 9.78 Å². The first-order valence-corrected chi connectivity index (χ1v) is 9.99. The summed E-state index contributed by atoms with van der Waals surface area (Å²) in [5, 5.41) is 7.59. The number of nitrogens with zero attached hydrogens (tertiary/aromatic N) is 4. The number of carbonyl (C=O) groups is 1. The van der Waals surface area contributed by atoms with Gasteiger partial charge in [0.25, 0.3) is 5.91 Å². The molecule has 1 amide bonds. The Morgan fingerprint density at radius 1 is 1.24 bits per heavy atom. The minimum Gasteiger partial charge on any atom is -0.467 e.